The minimum atomic E-state index is -0.116. The average molecular weight is 421 g/mol. The average Bonchev–Trinajstić information content (AvgIpc) is 3.46. The first-order valence-corrected chi connectivity index (χ1v) is 10.8. The molecule has 0 atom stereocenters. The van der Waals surface area contributed by atoms with Crippen LogP contribution < -0.4 is 5.32 Å². The van der Waals surface area contributed by atoms with Crippen LogP contribution in [0.4, 0.5) is 5.13 Å². The fourth-order valence-corrected chi connectivity index (χ4v) is 4.51. The molecule has 1 amide bonds. The number of hydrogen-bond donors (Lipinski definition) is 1. The highest BCUT2D eigenvalue weighted by molar-refractivity contribution is 7.99. The van der Waals surface area contributed by atoms with Crippen LogP contribution in [-0.4, -0.2) is 35.8 Å². The smallest absolute Gasteiger partial charge is 0.237 e. The zero-order valence-electron chi connectivity index (χ0n) is 15.2. The number of anilines is 1. The van der Waals surface area contributed by atoms with Gasteiger partial charge in [0.1, 0.15) is 0 Å². The Morgan fingerprint density at radius 3 is 2.62 bits per heavy atom. The molecule has 144 valence electrons. The van der Waals surface area contributed by atoms with Crippen LogP contribution in [0.15, 0.2) is 71.3 Å². The quantitative estimate of drug-likeness (QED) is 0.421. The van der Waals surface area contributed by atoms with Gasteiger partial charge < -0.3 is 9.88 Å². The van der Waals surface area contributed by atoms with Gasteiger partial charge in [0.05, 0.1) is 23.3 Å². The monoisotopic (exact) mass is 420 g/mol. The number of fused-ring (bicyclic) bond motifs is 3. The van der Waals surface area contributed by atoms with Crippen LogP contribution in [0.2, 0.25) is 0 Å². The molecule has 5 rings (SSSR count). The zero-order valence-corrected chi connectivity index (χ0v) is 16.9. The summed E-state index contributed by atoms with van der Waals surface area (Å²) in [6, 6.07) is 18.4. The molecule has 0 aliphatic rings. The van der Waals surface area contributed by atoms with E-state index in [-0.39, 0.29) is 11.7 Å². The van der Waals surface area contributed by atoms with Crippen molar-refractivity contribution in [1.82, 2.24) is 24.1 Å². The number of carbonyl (C=O) groups is 1. The summed E-state index contributed by atoms with van der Waals surface area (Å²) in [6.45, 7) is 0.700. The number of hydrogen-bond acceptors (Lipinski definition) is 6. The van der Waals surface area contributed by atoms with Crippen LogP contribution in [0, 0.1) is 0 Å². The number of rotatable bonds is 6. The van der Waals surface area contributed by atoms with Crippen molar-refractivity contribution in [1.29, 1.82) is 0 Å². The molecule has 7 nitrogen and oxygen atoms in total. The van der Waals surface area contributed by atoms with Gasteiger partial charge in [-0.3, -0.25) is 9.20 Å². The van der Waals surface area contributed by atoms with E-state index in [1.54, 1.807) is 6.20 Å². The predicted molar refractivity (Wildman–Crippen MR) is 115 cm³/mol. The van der Waals surface area contributed by atoms with Crippen molar-refractivity contribution in [3.8, 4) is 0 Å². The van der Waals surface area contributed by atoms with Crippen molar-refractivity contribution in [3.05, 3.63) is 71.7 Å². The number of thioether (sulfide) groups is 1. The van der Waals surface area contributed by atoms with Gasteiger partial charge in [-0.1, -0.05) is 54.2 Å². The van der Waals surface area contributed by atoms with Gasteiger partial charge in [0.25, 0.3) is 0 Å². The second kappa shape index (κ2) is 7.69. The van der Waals surface area contributed by atoms with E-state index in [2.05, 4.69) is 43.3 Å². The second-order valence-electron chi connectivity index (χ2n) is 6.35. The Bertz CT molecular complexity index is 1280. The Kier molecular flexibility index (Phi) is 4.74. The molecule has 0 radical (unpaired) electrons. The number of nitrogens with one attached hydrogen (secondary N) is 1. The molecule has 0 saturated heterocycles. The number of benzene rings is 2. The highest BCUT2D eigenvalue weighted by Crippen LogP contribution is 2.26. The van der Waals surface area contributed by atoms with E-state index >= 15 is 0 Å². The standard InChI is InChI=1S/C20H16N6OS2/c27-17(22-18-21-10-11-28-18)13-29-20-24-23-19-25(12-14-6-2-1-3-7-14)15-8-4-5-9-16(15)26(19)20/h1-11H,12-13H2,(H,21,22,27). The van der Waals surface area contributed by atoms with Crippen LogP contribution in [-0.2, 0) is 11.3 Å². The fourth-order valence-electron chi connectivity index (χ4n) is 3.22. The Balaban J connectivity index is 1.46. The maximum Gasteiger partial charge on any atom is 0.237 e. The molecule has 3 heterocycles. The first-order valence-electron chi connectivity index (χ1n) is 8.98. The predicted octanol–water partition coefficient (Wildman–Crippen LogP) is 3.92. The van der Waals surface area contributed by atoms with Gasteiger partial charge in [0.15, 0.2) is 10.3 Å². The van der Waals surface area contributed by atoms with E-state index in [1.807, 2.05) is 46.2 Å². The normalized spacial score (nSPS) is 11.3. The third-order valence-electron chi connectivity index (χ3n) is 4.47. The van der Waals surface area contributed by atoms with E-state index in [0.29, 0.717) is 16.8 Å². The summed E-state index contributed by atoms with van der Waals surface area (Å²) in [4.78, 5) is 16.3. The molecule has 9 heteroatoms. The molecule has 0 saturated carbocycles. The first-order chi connectivity index (χ1) is 14.3. The van der Waals surface area contributed by atoms with E-state index in [0.717, 1.165) is 16.8 Å². The molecular weight excluding hydrogens is 404 g/mol. The lowest BCUT2D eigenvalue weighted by Crippen LogP contribution is -2.14. The molecule has 3 aromatic heterocycles. The van der Waals surface area contributed by atoms with E-state index in [4.69, 9.17) is 0 Å². The molecule has 1 N–H and O–H groups in total. The first kappa shape index (κ1) is 17.9. The summed E-state index contributed by atoms with van der Waals surface area (Å²) in [6.07, 6.45) is 1.66. The fraction of sp³-hybridized carbons (Fsp3) is 0.100. The summed E-state index contributed by atoms with van der Waals surface area (Å²) >= 11 is 2.76. The summed E-state index contributed by atoms with van der Waals surface area (Å²) < 4.78 is 4.16. The Hall–Kier alpha value is -3.17. The Labute approximate surface area is 174 Å². The molecule has 29 heavy (non-hydrogen) atoms. The molecule has 0 unspecified atom stereocenters. The minimum Gasteiger partial charge on any atom is -0.304 e. The van der Waals surface area contributed by atoms with E-state index < -0.39 is 0 Å². The van der Waals surface area contributed by atoms with Gasteiger partial charge >= 0.3 is 0 Å². The Morgan fingerprint density at radius 1 is 1.03 bits per heavy atom. The molecule has 2 aromatic carbocycles. The third kappa shape index (κ3) is 3.50. The molecule has 5 aromatic rings. The summed E-state index contributed by atoms with van der Waals surface area (Å²) in [7, 11) is 0. The lowest BCUT2D eigenvalue weighted by Gasteiger charge is -2.04. The third-order valence-corrected chi connectivity index (χ3v) is 6.08. The van der Waals surface area contributed by atoms with E-state index in [1.165, 1.54) is 28.7 Å². The number of para-hydroxylation sites is 2. The summed E-state index contributed by atoms with van der Waals surface area (Å²) in [5.74, 6) is 0.881. The number of aromatic nitrogens is 5. The molecule has 0 fully saturated rings. The van der Waals surface area contributed by atoms with Gasteiger partial charge in [-0.15, -0.1) is 21.5 Å². The molecule has 0 aliphatic carbocycles. The van der Waals surface area contributed by atoms with Crippen molar-refractivity contribution in [3.63, 3.8) is 0 Å². The number of imidazole rings is 1. The number of amides is 1. The van der Waals surface area contributed by atoms with Crippen LogP contribution in [0.5, 0.6) is 0 Å². The van der Waals surface area contributed by atoms with Crippen molar-refractivity contribution >= 4 is 50.9 Å². The van der Waals surface area contributed by atoms with Crippen LogP contribution in [0.1, 0.15) is 5.56 Å². The van der Waals surface area contributed by atoms with Crippen molar-refractivity contribution in [2.24, 2.45) is 0 Å². The van der Waals surface area contributed by atoms with Gasteiger partial charge in [0, 0.05) is 11.6 Å². The molecule has 0 spiro atoms. The van der Waals surface area contributed by atoms with Crippen LogP contribution in [0.25, 0.3) is 16.8 Å². The highest BCUT2D eigenvalue weighted by atomic mass is 32.2. The number of carbonyl (C=O) groups excluding carboxylic acids is 1. The maximum atomic E-state index is 12.2. The SMILES string of the molecule is O=C(CSc1nnc2n(Cc3ccccc3)c3ccccc3n12)Nc1nccs1. The summed E-state index contributed by atoms with van der Waals surface area (Å²) in [5, 5.41) is 14.7. The molecule has 0 bridgehead atoms. The molecule has 0 aliphatic heterocycles. The van der Waals surface area contributed by atoms with Gasteiger partial charge in [0.2, 0.25) is 11.7 Å². The van der Waals surface area contributed by atoms with Gasteiger partial charge in [-0.25, -0.2) is 4.98 Å². The largest absolute Gasteiger partial charge is 0.304 e. The van der Waals surface area contributed by atoms with Crippen molar-refractivity contribution in [2.45, 2.75) is 11.7 Å². The van der Waals surface area contributed by atoms with Crippen molar-refractivity contribution in [2.75, 3.05) is 11.1 Å². The molecular formula is C20H16N6OS2. The second-order valence-corrected chi connectivity index (χ2v) is 8.19. The topological polar surface area (TPSA) is 77.1 Å². The van der Waals surface area contributed by atoms with Crippen molar-refractivity contribution < 1.29 is 4.79 Å². The Morgan fingerprint density at radius 2 is 1.83 bits per heavy atom. The highest BCUT2D eigenvalue weighted by Gasteiger charge is 2.18. The van der Waals surface area contributed by atoms with Crippen LogP contribution in [0.3, 0.4) is 0 Å². The lowest BCUT2D eigenvalue weighted by atomic mass is 10.2. The van der Waals surface area contributed by atoms with Crippen LogP contribution >= 0.6 is 23.1 Å². The van der Waals surface area contributed by atoms with Gasteiger partial charge in [-0.05, 0) is 17.7 Å². The number of nitrogens with zero attached hydrogens (tertiary/aromatic N) is 5. The minimum absolute atomic E-state index is 0.116. The lowest BCUT2D eigenvalue weighted by molar-refractivity contribution is -0.113. The zero-order chi connectivity index (χ0) is 19.6. The maximum absolute atomic E-state index is 12.2. The number of thiazole rings is 1. The summed E-state index contributed by atoms with van der Waals surface area (Å²) in [5.41, 5.74) is 3.29. The van der Waals surface area contributed by atoms with Gasteiger partial charge in [-0.2, -0.15) is 0 Å². The van der Waals surface area contributed by atoms with E-state index in [9.17, 15) is 4.79 Å².